The van der Waals surface area contributed by atoms with Crippen LogP contribution in [0.5, 0.6) is 11.5 Å². The minimum atomic E-state index is 0.781. The number of benzene rings is 3. The summed E-state index contributed by atoms with van der Waals surface area (Å²) in [5, 5.41) is 0. The molecule has 3 aromatic carbocycles. The van der Waals surface area contributed by atoms with Crippen LogP contribution >= 0.6 is 0 Å². The first-order valence-corrected chi connectivity index (χ1v) is 7.33. The minimum Gasteiger partial charge on any atom is -0.457 e. The Morgan fingerprint density at radius 3 is 2.18 bits per heavy atom. The first-order chi connectivity index (χ1) is 10.6. The van der Waals surface area contributed by atoms with Crippen LogP contribution in [0.3, 0.4) is 0 Å². The first-order valence-electron chi connectivity index (χ1n) is 7.33. The van der Waals surface area contributed by atoms with Crippen LogP contribution in [-0.2, 0) is 0 Å². The van der Waals surface area contributed by atoms with Crippen LogP contribution in [0.4, 0.5) is 5.69 Å². The molecular formula is C20H19NO. The van der Waals surface area contributed by atoms with Gasteiger partial charge in [-0.1, -0.05) is 36.4 Å². The van der Waals surface area contributed by atoms with Crippen LogP contribution in [0, 0.1) is 13.8 Å². The number of hydrogen-bond acceptors (Lipinski definition) is 2. The van der Waals surface area contributed by atoms with Gasteiger partial charge < -0.3 is 10.5 Å². The van der Waals surface area contributed by atoms with Crippen LogP contribution < -0.4 is 10.5 Å². The summed E-state index contributed by atoms with van der Waals surface area (Å²) in [4.78, 5) is 0. The van der Waals surface area contributed by atoms with E-state index in [4.69, 9.17) is 10.5 Å². The number of nitrogens with two attached hydrogens (primary N) is 1. The molecule has 0 aromatic heterocycles. The van der Waals surface area contributed by atoms with Gasteiger partial charge in [0, 0.05) is 5.69 Å². The Hall–Kier alpha value is -2.74. The average molecular weight is 289 g/mol. The molecule has 3 rings (SSSR count). The molecule has 0 saturated heterocycles. The van der Waals surface area contributed by atoms with E-state index in [1.165, 1.54) is 11.1 Å². The number of hydrogen-bond donors (Lipinski definition) is 1. The lowest BCUT2D eigenvalue weighted by atomic mass is 10.0. The third-order valence-corrected chi connectivity index (χ3v) is 3.75. The predicted octanol–water partition coefficient (Wildman–Crippen LogP) is 5.34. The van der Waals surface area contributed by atoms with Gasteiger partial charge >= 0.3 is 0 Å². The third kappa shape index (κ3) is 2.96. The molecule has 0 spiro atoms. The van der Waals surface area contributed by atoms with Crippen molar-refractivity contribution in [3.63, 3.8) is 0 Å². The summed E-state index contributed by atoms with van der Waals surface area (Å²) in [5.74, 6) is 1.67. The van der Waals surface area contributed by atoms with E-state index in [1.54, 1.807) is 0 Å². The van der Waals surface area contributed by atoms with E-state index in [0.29, 0.717) is 0 Å². The second kappa shape index (κ2) is 5.94. The molecule has 0 saturated carbocycles. The lowest BCUT2D eigenvalue weighted by Gasteiger charge is -2.12. The van der Waals surface area contributed by atoms with E-state index in [-0.39, 0.29) is 0 Å². The number of rotatable bonds is 3. The zero-order valence-corrected chi connectivity index (χ0v) is 12.8. The minimum absolute atomic E-state index is 0.781. The quantitative estimate of drug-likeness (QED) is 0.660. The summed E-state index contributed by atoms with van der Waals surface area (Å²) in [7, 11) is 0. The number of aryl methyl sites for hydroxylation is 2. The van der Waals surface area contributed by atoms with Crippen LogP contribution in [0.25, 0.3) is 11.1 Å². The highest BCUT2D eigenvalue weighted by Crippen LogP contribution is 2.30. The highest BCUT2D eigenvalue weighted by Gasteiger charge is 2.05. The molecule has 0 bridgehead atoms. The summed E-state index contributed by atoms with van der Waals surface area (Å²) in [5.41, 5.74) is 11.2. The van der Waals surface area contributed by atoms with Gasteiger partial charge in [-0.25, -0.2) is 0 Å². The van der Waals surface area contributed by atoms with Gasteiger partial charge in [0.25, 0.3) is 0 Å². The van der Waals surface area contributed by atoms with Crippen molar-refractivity contribution in [2.24, 2.45) is 0 Å². The van der Waals surface area contributed by atoms with Crippen molar-refractivity contribution in [1.82, 2.24) is 0 Å². The highest BCUT2D eigenvalue weighted by molar-refractivity contribution is 5.65. The van der Waals surface area contributed by atoms with Gasteiger partial charge in [0.2, 0.25) is 0 Å². The molecular weight excluding hydrogens is 270 g/mol. The summed E-state index contributed by atoms with van der Waals surface area (Å²) in [6.45, 7) is 4.04. The maximum absolute atomic E-state index is 5.98. The molecule has 3 aromatic rings. The molecule has 0 aliphatic heterocycles. The number of ether oxygens (including phenoxy) is 1. The van der Waals surface area contributed by atoms with Crippen molar-refractivity contribution in [2.75, 3.05) is 5.73 Å². The van der Waals surface area contributed by atoms with Crippen molar-refractivity contribution < 1.29 is 4.74 Å². The van der Waals surface area contributed by atoms with Gasteiger partial charge in [0.05, 0.1) is 0 Å². The monoisotopic (exact) mass is 289 g/mol. The Morgan fingerprint density at radius 1 is 0.727 bits per heavy atom. The lowest BCUT2D eigenvalue weighted by Crippen LogP contribution is -1.92. The first kappa shape index (κ1) is 14.2. The smallest absolute Gasteiger partial charge is 0.130 e. The number of nitrogen functional groups attached to an aromatic ring is 1. The molecule has 22 heavy (non-hydrogen) atoms. The molecule has 0 atom stereocenters. The average Bonchev–Trinajstić information content (AvgIpc) is 2.54. The fourth-order valence-corrected chi connectivity index (χ4v) is 2.41. The maximum atomic E-state index is 5.98. The largest absolute Gasteiger partial charge is 0.457 e. The Morgan fingerprint density at radius 2 is 1.50 bits per heavy atom. The van der Waals surface area contributed by atoms with Crippen molar-refractivity contribution in [2.45, 2.75) is 13.8 Å². The second-order valence-corrected chi connectivity index (χ2v) is 5.47. The number of anilines is 1. The van der Waals surface area contributed by atoms with Gasteiger partial charge in [-0.3, -0.25) is 0 Å². The third-order valence-electron chi connectivity index (χ3n) is 3.75. The van der Waals surface area contributed by atoms with E-state index >= 15 is 0 Å². The summed E-state index contributed by atoms with van der Waals surface area (Å²) in [6, 6.07) is 22.3. The molecule has 0 aliphatic rings. The molecule has 0 fully saturated rings. The maximum Gasteiger partial charge on any atom is 0.130 e. The fourth-order valence-electron chi connectivity index (χ4n) is 2.41. The molecule has 2 heteroatoms. The molecule has 2 nitrogen and oxygen atoms in total. The Bertz CT molecular complexity index is 794. The summed E-state index contributed by atoms with van der Waals surface area (Å²) >= 11 is 0. The van der Waals surface area contributed by atoms with Crippen molar-refractivity contribution >= 4 is 5.69 Å². The zero-order chi connectivity index (χ0) is 15.5. The van der Waals surface area contributed by atoms with Crippen molar-refractivity contribution in [1.29, 1.82) is 0 Å². The topological polar surface area (TPSA) is 35.2 Å². The van der Waals surface area contributed by atoms with Crippen LogP contribution in [0.15, 0.2) is 66.7 Å². The summed E-state index contributed by atoms with van der Waals surface area (Å²) < 4.78 is 5.98. The standard InChI is InChI=1S/C20H19NO/c1-14-13-18(9-10-19(14)21)22-20-11-8-17(12-15(20)2)16-6-4-3-5-7-16/h3-13H,21H2,1-2H3. The predicted molar refractivity (Wildman–Crippen MR) is 92.3 cm³/mol. The van der Waals surface area contributed by atoms with Gasteiger partial charge in [0.1, 0.15) is 11.5 Å². The summed E-state index contributed by atoms with van der Waals surface area (Å²) in [6.07, 6.45) is 0. The van der Waals surface area contributed by atoms with Crippen LogP contribution in [0.2, 0.25) is 0 Å². The van der Waals surface area contributed by atoms with E-state index in [0.717, 1.165) is 28.3 Å². The van der Waals surface area contributed by atoms with Crippen LogP contribution in [-0.4, -0.2) is 0 Å². The lowest BCUT2D eigenvalue weighted by molar-refractivity contribution is 0.478. The van der Waals surface area contributed by atoms with Gasteiger partial charge in [-0.15, -0.1) is 0 Å². The van der Waals surface area contributed by atoms with Gasteiger partial charge in [-0.05, 0) is 66.4 Å². The molecule has 0 unspecified atom stereocenters. The molecule has 0 aliphatic carbocycles. The van der Waals surface area contributed by atoms with Crippen molar-refractivity contribution in [3.05, 3.63) is 77.9 Å². The Labute approximate surface area is 131 Å². The van der Waals surface area contributed by atoms with Crippen LogP contribution in [0.1, 0.15) is 11.1 Å². The normalized spacial score (nSPS) is 10.5. The van der Waals surface area contributed by atoms with Gasteiger partial charge in [-0.2, -0.15) is 0 Å². The molecule has 0 radical (unpaired) electrons. The van der Waals surface area contributed by atoms with Gasteiger partial charge in [0.15, 0.2) is 0 Å². The van der Waals surface area contributed by atoms with E-state index in [9.17, 15) is 0 Å². The molecule has 2 N–H and O–H groups in total. The highest BCUT2D eigenvalue weighted by atomic mass is 16.5. The second-order valence-electron chi connectivity index (χ2n) is 5.47. The SMILES string of the molecule is Cc1cc(Oc2ccc(-c3ccccc3)cc2C)ccc1N. The zero-order valence-electron chi connectivity index (χ0n) is 12.8. The van der Waals surface area contributed by atoms with E-state index in [2.05, 4.69) is 31.2 Å². The van der Waals surface area contributed by atoms with E-state index in [1.807, 2.05) is 49.4 Å². The fraction of sp³-hybridized carbons (Fsp3) is 0.100. The molecule has 0 heterocycles. The molecule has 110 valence electrons. The Kier molecular flexibility index (Phi) is 3.84. The van der Waals surface area contributed by atoms with Crippen molar-refractivity contribution in [3.8, 4) is 22.6 Å². The Balaban J connectivity index is 1.88. The van der Waals surface area contributed by atoms with E-state index < -0.39 is 0 Å². The molecule has 0 amide bonds.